The Hall–Kier alpha value is -2.51. The fourth-order valence-corrected chi connectivity index (χ4v) is 1.59. The van der Waals surface area contributed by atoms with E-state index < -0.39 is 0 Å². The first kappa shape index (κ1) is 12.9. The van der Waals surface area contributed by atoms with Gasteiger partial charge in [-0.15, -0.1) is 10.2 Å². The van der Waals surface area contributed by atoms with Crippen molar-refractivity contribution < 1.29 is 4.79 Å². The summed E-state index contributed by atoms with van der Waals surface area (Å²) >= 11 is 0. The van der Waals surface area contributed by atoms with Crippen LogP contribution in [0.1, 0.15) is 29.3 Å². The first-order valence-corrected chi connectivity index (χ1v) is 5.76. The van der Waals surface area contributed by atoms with Crippen molar-refractivity contribution in [3.8, 4) is 0 Å². The molecule has 0 aromatic carbocycles. The Kier molecular flexibility index (Phi) is 3.69. The van der Waals surface area contributed by atoms with Gasteiger partial charge in [0.15, 0.2) is 5.82 Å². The van der Waals surface area contributed by atoms with Crippen molar-refractivity contribution in [2.24, 2.45) is 7.05 Å². The van der Waals surface area contributed by atoms with E-state index >= 15 is 0 Å². The third kappa shape index (κ3) is 2.84. The molecule has 2 rings (SSSR count). The van der Waals surface area contributed by atoms with Crippen LogP contribution in [0.5, 0.6) is 0 Å². The predicted molar refractivity (Wildman–Crippen MR) is 68.5 cm³/mol. The molecular formula is C11H15N7O. The van der Waals surface area contributed by atoms with Gasteiger partial charge in [0, 0.05) is 14.1 Å². The number of nitrogens with one attached hydrogen (secondary N) is 2. The minimum atomic E-state index is -0.300. The van der Waals surface area contributed by atoms with Crippen molar-refractivity contribution in [2.75, 3.05) is 12.4 Å². The van der Waals surface area contributed by atoms with Crippen molar-refractivity contribution in [2.45, 2.75) is 13.0 Å². The third-order valence-electron chi connectivity index (χ3n) is 2.62. The molecule has 8 heteroatoms. The number of nitrogens with zero attached hydrogens (tertiary/aromatic N) is 5. The Balaban J connectivity index is 2.06. The van der Waals surface area contributed by atoms with E-state index in [0.717, 1.165) is 0 Å². The smallest absolute Gasteiger partial charge is 0.272 e. The van der Waals surface area contributed by atoms with Crippen molar-refractivity contribution in [3.63, 3.8) is 0 Å². The van der Waals surface area contributed by atoms with E-state index in [1.807, 2.05) is 14.0 Å². The quantitative estimate of drug-likeness (QED) is 0.812. The molecule has 2 heterocycles. The van der Waals surface area contributed by atoms with Gasteiger partial charge in [0.05, 0.1) is 18.4 Å². The van der Waals surface area contributed by atoms with Crippen LogP contribution < -0.4 is 10.6 Å². The minimum absolute atomic E-state index is 0.257. The third-order valence-corrected chi connectivity index (χ3v) is 2.62. The predicted octanol–water partition coefficient (Wildman–Crippen LogP) is 0.138. The molecule has 0 aliphatic rings. The first-order chi connectivity index (χ1) is 9.11. The van der Waals surface area contributed by atoms with Crippen LogP contribution in [-0.4, -0.2) is 37.7 Å². The number of rotatable bonds is 4. The van der Waals surface area contributed by atoms with Gasteiger partial charge < -0.3 is 15.2 Å². The molecule has 0 aliphatic carbocycles. The van der Waals surface area contributed by atoms with Crippen LogP contribution in [0.4, 0.5) is 5.82 Å². The van der Waals surface area contributed by atoms with E-state index in [2.05, 4.69) is 30.8 Å². The average molecular weight is 261 g/mol. The molecule has 100 valence electrons. The van der Waals surface area contributed by atoms with Gasteiger partial charge in [0.2, 0.25) is 0 Å². The number of amides is 1. The molecule has 1 unspecified atom stereocenters. The second kappa shape index (κ2) is 5.42. The monoisotopic (exact) mass is 261 g/mol. The zero-order valence-electron chi connectivity index (χ0n) is 11.0. The topological polar surface area (TPSA) is 97.6 Å². The van der Waals surface area contributed by atoms with Crippen LogP contribution in [-0.2, 0) is 7.05 Å². The SMILES string of the molecule is CNc1cnc(C(=O)NC(C)c2nncn2C)cn1. The molecule has 0 radical (unpaired) electrons. The second-order valence-electron chi connectivity index (χ2n) is 4.03. The van der Waals surface area contributed by atoms with Gasteiger partial charge >= 0.3 is 0 Å². The Bertz CT molecular complexity index is 563. The van der Waals surface area contributed by atoms with Gasteiger partial charge in [-0.1, -0.05) is 0 Å². The number of carbonyl (C=O) groups is 1. The van der Waals surface area contributed by atoms with Crippen molar-refractivity contribution >= 4 is 11.7 Å². The van der Waals surface area contributed by atoms with E-state index in [9.17, 15) is 4.79 Å². The number of hydrogen-bond donors (Lipinski definition) is 2. The number of aromatic nitrogens is 5. The number of carbonyl (C=O) groups excluding carboxylic acids is 1. The van der Waals surface area contributed by atoms with E-state index in [0.29, 0.717) is 11.6 Å². The van der Waals surface area contributed by atoms with Gasteiger partial charge in [-0.3, -0.25) is 4.79 Å². The highest BCUT2D eigenvalue weighted by Gasteiger charge is 2.16. The van der Waals surface area contributed by atoms with Crippen LogP contribution in [0.2, 0.25) is 0 Å². The molecule has 8 nitrogen and oxygen atoms in total. The normalized spacial score (nSPS) is 11.9. The standard InChI is InChI=1S/C11H15N7O/c1-7(10-17-15-6-18(10)3)16-11(19)8-4-14-9(12-2)5-13-8/h4-7H,1-3H3,(H,12,14)(H,16,19). The maximum Gasteiger partial charge on any atom is 0.272 e. The summed E-state index contributed by atoms with van der Waals surface area (Å²) in [5.41, 5.74) is 0.257. The van der Waals surface area contributed by atoms with E-state index in [4.69, 9.17) is 0 Å². The second-order valence-corrected chi connectivity index (χ2v) is 4.03. The molecule has 0 saturated carbocycles. The van der Waals surface area contributed by atoms with Gasteiger partial charge in [-0.05, 0) is 6.92 Å². The molecule has 1 amide bonds. The Labute approximate surface area is 110 Å². The summed E-state index contributed by atoms with van der Waals surface area (Å²) in [5.74, 6) is 0.983. The minimum Gasteiger partial charge on any atom is -0.372 e. The summed E-state index contributed by atoms with van der Waals surface area (Å²) in [6, 6.07) is -0.259. The van der Waals surface area contributed by atoms with E-state index in [-0.39, 0.29) is 17.6 Å². The molecule has 0 saturated heterocycles. The lowest BCUT2D eigenvalue weighted by molar-refractivity contribution is 0.0932. The largest absolute Gasteiger partial charge is 0.372 e. The molecule has 2 aromatic rings. The Morgan fingerprint density at radius 1 is 1.37 bits per heavy atom. The summed E-state index contributed by atoms with van der Waals surface area (Å²) in [7, 11) is 3.55. The van der Waals surface area contributed by atoms with Gasteiger partial charge in [0.25, 0.3) is 5.91 Å². The average Bonchev–Trinajstić information content (AvgIpc) is 2.85. The zero-order chi connectivity index (χ0) is 13.8. The lowest BCUT2D eigenvalue weighted by Crippen LogP contribution is -2.29. The molecule has 1 atom stereocenters. The summed E-state index contributed by atoms with van der Waals surface area (Å²) < 4.78 is 1.75. The van der Waals surface area contributed by atoms with Crippen molar-refractivity contribution in [3.05, 3.63) is 30.2 Å². The molecule has 0 fully saturated rings. The van der Waals surface area contributed by atoms with Crippen LogP contribution in [0, 0.1) is 0 Å². The van der Waals surface area contributed by atoms with Crippen molar-refractivity contribution in [1.29, 1.82) is 0 Å². The number of aryl methyl sites for hydroxylation is 1. The molecule has 2 aromatic heterocycles. The van der Waals surface area contributed by atoms with Gasteiger partial charge in [0.1, 0.15) is 17.8 Å². The maximum atomic E-state index is 12.0. The molecule has 0 spiro atoms. The van der Waals surface area contributed by atoms with Crippen LogP contribution >= 0.6 is 0 Å². The molecule has 19 heavy (non-hydrogen) atoms. The summed E-state index contributed by atoms with van der Waals surface area (Å²) in [6.07, 6.45) is 4.51. The summed E-state index contributed by atoms with van der Waals surface area (Å²) in [6.45, 7) is 1.83. The first-order valence-electron chi connectivity index (χ1n) is 5.76. The Morgan fingerprint density at radius 2 is 2.16 bits per heavy atom. The lowest BCUT2D eigenvalue weighted by Gasteiger charge is -2.12. The highest BCUT2D eigenvalue weighted by atomic mass is 16.1. The maximum absolute atomic E-state index is 12.0. The summed E-state index contributed by atoms with van der Waals surface area (Å²) in [5, 5.41) is 13.3. The highest BCUT2D eigenvalue weighted by Crippen LogP contribution is 2.08. The molecule has 0 aliphatic heterocycles. The molecule has 0 bridgehead atoms. The van der Waals surface area contributed by atoms with E-state index in [1.165, 1.54) is 12.4 Å². The van der Waals surface area contributed by atoms with Crippen molar-refractivity contribution in [1.82, 2.24) is 30.0 Å². The molecule has 2 N–H and O–H groups in total. The highest BCUT2D eigenvalue weighted by molar-refractivity contribution is 5.92. The van der Waals surface area contributed by atoms with Gasteiger partial charge in [-0.25, -0.2) is 9.97 Å². The molecular weight excluding hydrogens is 246 g/mol. The number of anilines is 1. The lowest BCUT2D eigenvalue weighted by atomic mass is 10.3. The zero-order valence-corrected chi connectivity index (χ0v) is 11.0. The fraction of sp³-hybridized carbons (Fsp3) is 0.364. The number of hydrogen-bond acceptors (Lipinski definition) is 6. The van der Waals surface area contributed by atoms with E-state index in [1.54, 1.807) is 17.9 Å². The van der Waals surface area contributed by atoms with Crippen LogP contribution in [0.25, 0.3) is 0 Å². The fourth-order valence-electron chi connectivity index (χ4n) is 1.59. The van der Waals surface area contributed by atoms with Gasteiger partial charge in [-0.2, -0.15) is 0 Å². The van der Waals surface area contributed by atoms with Crippen LogP contribution in [0.3, 0.4) is 0 Å². The summed E-state index contributed by atoms with van der Waals surface area (Å²) in [4.78, 5) is 20.0. The van der Waals surface area contributed by atoms with Crippen LogP contribution in [0.15, 0.2) is 18.7 Å². The Morgan fingerprint density at radius 3 is 2.68 bits per heavy atom.